The molecule has 3 nitrogen and oxygen atoms in total. The third kappa shape index (κ3) is 2.33. The molecule has 0 fully saturated rings. The predicted octanol–water partition coefficient (Wildman–Crippen LogP) is 1.59. The van der Waals surface area contributed by atoms with Crippen molar-refractivity contribution >= 4 is 5.91 Å². The molecule has 0 heterocycles. The highest BCUT2D eigenvalue weighted by atomic mass is 16.2. The van der Waals surface area contributed by atoms with Gasteiger partial charge in [0, 0.05) is 12.6 Å². The van der Waals surface area contributed by atoms with E-state index in [4.69, 9.17) is 5.26 Å². The maximum Gasteiger partial charge on any atom is 0.254 e. The first-order chi connectivity index (χ1) is 6.65. The van der Waals surface area contributed by atoms with Gasteiger partial charge in [0.15, 0.2) is 0 Å². The van der Waals surface area contributed by atoms with Crippen molar-refractivity contribution in [1.29, 1.82) is 5.26 Å². The molecule has 1 amide bonds. The van der Waals surface area contributed by atoms with Gasteiger partial charge in [-0.05, 0) is 19.1 Å². The molecule has 1 aromatic rings. The van der Waals surface area contributed by atoms with Crippen molar-refractivity contribution in [3.8, 4) is 6.07 Å². The fraction of sp³-hybridized carbons (Fsp3) is 0.273. The van der Waals surface area contributed by atoms with E-state index in [1.165, 1.54) is 4.90 Å². The maximum atomic E-state index is 11.6. The van der Waals surface area contributed by atoms with E-state index >= 15 is 0 Å². The molecule has 1 rings (SSSR count). The lowest BCUT2D eigenvalue weighted by Crippen LogP contribution is -2.26. The Hall–Kier alpha value is -1.82. The smallest absolute Gasteiger partial charge is 0.254 e. The third-order valence-corrected chi connectivity index (χ3v) is 1.95. The van der Waals surface area contributed by atoms with Crippen molar-refractivity contribution in [2.45, 2.75) is 6.92 Å². The molecule has 0 N–H and O–H groups in total. The minimum Gasteiger partial charge on any atom is -0.328 e. The second kappa shape index (κ2) is 4.43. The van der Waals surface area contributed by atoms with Gasteiger partial charge in [-0.25, -0.2) is 0 Å². The monoisotopic (exact) mass is 188 g/mol. The van der Waals surface area contributed by atoms with Crippen LogP contribution < -0.4 is 0 Å². The number of carbonyl (C=O) groups excluding carboxylic acids is 1. The molecule has 0 radical (unpaired) electrons. The Morgan fingerprint density at radius 2 is 2.00 bits per heavy atom. The summed E-state index contributed by atoms with van der Waals surface area (Å²) in [5.74, 6) is -0.119. The van der Waals surface area contributed by atoms with Crippen LogP contribution in [0.4, 0.5) is 0 Å². The summed E-state index contributed by atoms with van der Waals surface area (Å²) in [4.78, 5) is 13.0. The highest BCUT2D eigenvalue weighted by molar-refractivity contribution is 5.94. The Balaban J connectivity index is 2.80. The van der Waals surface area contributed by atoms with Crippen LogP contribution >= 0.6 is 0 Å². The number of carbonyl (C=O) groups is 1. The number of benzene rings is 1. The molecular weight excluding hydrogens is 176 g/mol. The van der Waals surface area contributed by atoms with Crippen molar-refractivity contribution < 1.29 is 4.79 Å². The second-order valence-electron chi connectivity index (χ2n) is 3.19. The second-order valence-corrected chi connectivity index (χ2v) is 3.19. The minimum absolute atomic E-state index is 0.118. The zero-order chi connectivity index (χ0) is 10.6. The highest BCUT2D eigenvalue weighted by Gasteiger charge is 2.09. The quantitative estimate of drug-likeness (QED) is 0.661. The van der Waals surface area contributed by atoms with E-state index in [9.17, 15) is 4.79 Å². The summed E-state index contributed by atoms with van der Waals surface area (Å²) in [6.45, 7) is 2.08. The summed E-state index contributed by atoms with van der Waals surface area (Å²) in [6, 6.07) is 9.24. The topological polar surface area (TPSA) is 44.1 Å². The molecule has 0 bridgehead atoms. The van der Waals surface area contributed by atoms with E-state index in [1.807, 2.05) is 25.1 Å². The molecule has 0 atom stereocenters. The highest BCUT2D eigenvalue weighted by Crippen LogP contribution is 2.05. The van der Waals surface area contributed by atoms with Crippen molar-refractivity contribution in [3.63, 3.8) is 0 Å². The van der Waals surface area contributed by atoms with Gasteiger partial charge in [-0.3, -0.25) is 4.79 Å². The standard InChI is InChI=1S/C11H12N2O/c1-9-3-5-10(6-4-9)11(14)13(2)8-7-12/h3-6H,8H2,1-2H3. The van der Waals surface area contributed by atoms with Gasteiger partial charge in [0.1, 0.15) is 6.54 Å². The first-order valence-corrected chi connectivity index (χ1v) is 4.34. The largest absolute Gasteiger partial charge is 0.328 e. The maximum absolute atomic E-state index is 11.6. The van der Waals surface area contributed by atoms with Gasteiger partial charge in [-0.1, -0.05) is 17.7 Å². The summed E-state index contributed by atoms with van der Waals surface area (Å²) >= 11 is 0. The van der Waals surface area contributed by atoms with Crippen molar-refractivity contribution in [2.24, 2.45) is 0 Å². The van der Waals surface area contributed by atoms with Gasteiger partial charge in [-0.2, -0.15) is 5.26 Å². The lowest BCUT2D eigenvalue weighted by Gasteiger charge is -2.12. The molecule has 3 heteroatoms. The summed E-state index contributed by atoms with van der Waals surface area (Å²) in [6.07, 6.45) is 0. The van der Waals surface area contributed by atoms with Crippen molar-refractivity contribution in [3.05, 3.63) is 35.4 Å². The number of nitriles is 1. The molecule has 14 heavy (non-hydrogen) atoms. The summed E-state index contributed by atoms with van der Waals surface area (Å²) in [5, 5.41) is 8.43. The molecule has 1 aromatic carbocycles. The number of amides is 1. The van der Waals surface area contributed by atoms with E-state index in [2.05, 4.69) is 0 Å². The van der Waals surface area contributed by atoms with Crippen LogP contribution in [0.3, 0.4) is 0 Å². The van der Waals surface area contributed by atoms with Gasteiger partial charge in [-0.15, -0.1) is 0 Å². The first-order valence-electron chi connectivity index (χ1n) is 4.34. The Kier molecular flexibility index (Phi) is 3.24. The molecule has 0 unspecified atom stereocenters. The van der Waals surface area contributed by atoms with Gasteiger partial charge in [0.25, 0.3) is 5.91 Å². The van der Waals surface area contributed by atoms with Crippen LogP contribution in [-0.4, -0.2) is 24.4 Å². The molecule has 72 valence electrons. The van der Waals surface area contributed by atoms with Crippen molar-refractivity contribution in [1.82, 2.24) is 4.90 Å². The van der Waals surface area contributed by atoms with Crippen LogP contribution in [0.5, 0.6) is 0 Å². The van der Waals surface area contributed by atoms with Crippen molar-refractivity contribution in [2.75, 3.05) is 13.6 Å². The van der Waals surface area contributed by atoms with Crippen LogP contribution in [0.25, 0.3) is 0 Å². The molecular formula is C11H12N2O. The Labute approximate surface area is 83.6 Å². The fourth-order valence-corrected chi connectivity index (χ4v) is 1.09. The molecule has 0 aliphatic heterocycles. The van der Waals surface area contributed by atoms with Gasteiger partial charge < -0.3 is 4.90 Å². The van der Waals surface area contributed by atoms with E-state index in [0.29, 0.717) is 5.56 Å². The first kappa shape index (κ1) is 10.3. The van der Waals surface area contributed by atoms with Gasteiger partial charge in [0.2, 0.25) is 0 Å². The zero-order valence-corrected chi connectivity index (χ0v) is 8.32. The molecule has 0 aromatic heterocycles. The average Bonchev–Trinajstić information content (AvgIpc) is 2.18. The van der Waals surface area contributed by atoms with Gasteiger partial charge in [0.05, 0.1) is 6.07 Å². The Morgan fingerprint density at radius 3 is 2.50 bits per heavy atom. The zero-order valence-electron chi connectivity index (χ0n) is 8.32. The van der Waals surface area contributed by atoms with E-state index in [1.54, 1.807) is 19.2 Å². The molecule has 0 spiro atoms. The van der Waals surface area contributed by atoms with Crippen LogP contribution in [-0.2, 0) is 0 Å². The summed E-state index contributed by atoms with van der Waals surface area (Å²) in [5.41, 5.74) is 1.73. The summed E-state index contributed by atoms with van der Waals surface area (Å²) < 4.78 is 0. The van der Waals surface area contributed by atoms with E-state index in [-0.39, 0.29) is 12.5 Å². The lowest BCUT2D eigenvalue weighted by atomic mass is 10.1. The van der Waals surface area contributed by atoms with Crippen LogP contribution in [0.1, 0.15) is 15.9 Å². The molecule has 0 aliphatic carbocycles. The predicted molar refractivity (Wildman–Crippen MR) is 53.8 cm³/mol. The SMILES string of the molecule is Cc1ccc(C(=O)N(C)CC#N)cc1. The number of hydrogen-bond acceptors (Lipinski definition) is 2. The van der Waals surface area contributed by atoms with Crippen LogP contribution in [0, 0.1) is 18.3 Å². The minimum atomic E-state index is -0.119. The number of hydrogen-bond donors (Lipinski definition) is 0. The lowest BCUT2D eigenvalue weighted by molar-refractivity contribution is 0.0812. The van der Waals surface area contributed by atoms with E-state index < -0.39 is 0 Å². The number of rotatable bonds is 2. The normalized spacial score (nSPS) is 9.21. The van der Waals surface area contributed by atoms with Crippen LogP contribution in [0.15, 0.2) is 24.3 Å². The molecule has 0 saturated carbocycles. The van der Waals surface area contributed by atoms with E-state index in [0.717, 1.165) is 5.56 Å². The number of nitrogens with zero attached hydrogens (tertiary/aromatic N) is 2. The van der Waals surface area contributed by atoms with Crippen LogP contribution in [0.2, 0.25) is 0 Å². The number of aryl methyl sites for hydroxylation is 1. The molecule has 0 saturated heterocycles. The third-order valence-electron chi connectivity index (χ3n) is 1.95. The van der Waals surface area contributed by atoms with Gasteiger partial charge >= 0.3 is 0 Å². The average molecular weight is 188 g/mol. The summed E-state index contributed by atoms with van der Waals surface area (Å²) in [7, 11) is 1.62. The molecule has 0 aliphatic rings. The Morgan fingerprint density at radius 1 is 1.43 bits per heavy atom. The fourth-order valence-electron chi connectivity index (χ4n) is 1.09. The Bertz CT molecular complexity index is 362.